The third-order valence-electron chi connectivity index (χ3n) is 1.74. The molecule has 0 saturated carbocycles. The summed E-state index contributed by atoms with van der Waals surface area (Å²) in [4.78, 5) is 11.2. The van der Waals surface area contributed by atoms with Gasteiger partial charge in [0, 0.05) is 18.5 Å². The van der Waals surface area contributed by atoms with Crippen molar-refractivity contribution in [3.8, 4) is 0 Å². The summed E-state index contributed by atoms with van der Waals surface area (Å²) in [5, 5.41) is 0. The second-order valence-corrected chi connectivity index (χ2v) is 5.96. The zero-order chi connectivity index (χ0) is 13.6. The molecule has 0 aliphatic rings. The predicted molar refractivity (Wildman–Crippen MR) is 66.2 cm³/mol. The van der Waals surface area contributed by atoms with Crippen molar-refractivity contribution in [1.82, 2.24) is 9.03 Å². The second-order valence-electron chi connectivity index (χ2n) is 3.95. The van der Waals surface area contributed by atoms with E-state index in [0.29, 0.717) is 0 Å². The summed E-state index contributed by atoms with van der Waals surface area (Å²) < 4.78 is 31.3. The lowest BCUT2D eigenvalue weighted by Gasteiger charge is -2.24. The summed E-state index contributed by atoms with van der Waals surface area (Å²) in [5.74, 6) is 0.151. The van der Waals surface area contributed by atoms with E-state index < -0.39 is 16.3 Å². The lowest BCUT2D eigenvalue weighted by Crippen LogP contribution is -2.47. The van der Waals surface area contributed by atoms with E-state index in [1.54, 1.807) is 27.7 Å². The number of nitrogens with one attached hydrogen (secondary N) is 1. The highest BCUT2D eigenvalue weighted by Gasteiger charge is 2.27. The Morgan fingerprint density at radius 1 is 1.35 bits per heavy atom. The van der Waals surface area contributed by atoms with Gasteiger partial charge >= 0.3 is 16.3 Å². The van der Waals surface area contributed by atoms with Crippen LogP contribution in [-0.4, -0.2) is 43.4 Å². The zero-order valence-corrected chi connectivity index (χ0v) is 12.0. The van der Waals surface area contributed by atoms with E-state index in [1.807, 2.05) is 4.72 Å². The maximum absolute atomic E-state index is 11.8. The second kappa shape index (κ2) is 7.03. The smallest absolute Gasteiger partial charge is 0.422 e. The van der Waals surface area contributed by atoms with Crippen LogP contribution in [0, 0.1) is 0 Å². The van der Waals surface area contributed by atoms with E-state index in [4.69, 9.17) is 16.3 Å². The molecule has 0 aromatic carbocycles. The number of nitrogens with zero attached hydrogens (tertiary/aromatic N) is 1. The molecular formula is C9H19ClN2O4S. The molecule has 8 heteroatoms. The molecule has 0 heterocycles. The molecule has 1 N–H and O–H groups in total. The summed E-state index contributed by atoms with van der Waals surface area (Å²) in [7, 11) is -3.90. The Hall–Kier alpha value is -0.530. The molecule has 0 radical (unpaired) electrons. The van der Waals surface area contributed by atoms with Gasteiger partial charge in [0.05, 0.1) is 6.10 Å². The van der Waals surface area contributed by atoms with Crippen LogP contribution in [-0.2, 0) is 14.9 Å². The lowest BCUT2D eigenvalue weighted by molar-refractivity contribution is 0.121. The van der Waals surface area contributed by atoms with Crippen molar-refractivity contribution >= 4 is 27.9 Å². The molecule has 0 rings (SSSR count). The number of carbonyl (C=O) groups is 1. The standard InChI is InChI=1S/C9H19ClN2O4S/c1-7(2)12(6-5-10)17(14,15)11-9(13)16-8(3)4/h7-8H,5-6H2,1-4H3,(H,11,13). The fourth-order valence-electron chi connectivity index (χ4n) is 1.14. The van der Waals surface area contributed by atoms with Gasteiger partial charge in [-0.25, -0.2) is 9.52 Å². The van der Waals surface area contributed by atoms with Crippen molar-refractivity contribution in [3.63, 3.8) is 0 Å². The van der Waals surface area contributed by atoms with Crippen molar-refractivity contribution in [1.29, 1.82) is 0 Å². The van der Waals surface area contributed by atoms with Crippen LogP contribution in [0.15, 0.2) is 0 Å². The monoisotopic (exact) mass is 286 g/mol. The average Bonchev–Trinajstić information content (AvgIpc) is 2.10. The van der Waals surface area contributed by atoms with E-state index in [0.717, 1.165) is 4.31 Å². The average molecular weight is 287 g/mol. The van der Waals surface area contributed by atoms with E-state index >= 15 is 0 Å². The minimum Gasteiger partial charge on any atom is -0.446 e. The quantitative estimate of drug-likeness (QED) is 0.747. The van der Waals surface area contributed by atoms with E-state index in [9.17, 15) is 13.2 Å². The van der Waals surface area contributed by atoms with Crippen LogP contribution in [0.5, 0.6) is 0 Å². The molecule has 0 spiro atoms. The van der Waals surface area contributed by atoms with Crippen LogP contribution < -0.4 is 4.72 Å². The van der Waals surface area contributed by atoms with Crippen molar-refractivity contribution in [2.45, 2.75) is 39.8 Å². The van der Waals surface area contributed by atoms with E-state index in [1.165, 1.54) is 0 Å². The molecule has 102 valence electrons. The number of alkyl halides is 1. The molecule has 6 nitrogen and oxygen atoms in total. The molecule has 0 saturated heterocycles. The van der Waals surface area contributed by atoms with Gasteiger partial charge in [-0.15, -0.1) is 11.6 Å². The summed E-state index contributed by atoms with van der Waals surface area (Å²) in [5.41, 5.74) is 0. The van der Waals surface area contributed by atoms with Crippen molar-refractivity contribution in [3.05, 3.63) is 0 Å². The van der Waals surface area contributed by atoms with Crippen LogP contribution in [0.2, 0.25) is 0 Å². The maximum atomic E-state index is 11.8. The molecule has 0 fully saturated rings. The first-order valence-corrected chi connectivity index (χ1v) is 7.24. The van der Waals surface area contributed by atoms with Gasteiger partial charge in [-0.2, -0.15) is 12.7 Å². The molecule has 0 aliphatic heterocycles. The molecule has 0 aliphatic carbocycles. The summed E-state index contributed by atoms with van der Waals surface area (Å²) in [6.07, 6.45) is -1.37. The van der Waals surface area contributed by atoms with E-state index in [2.05, 4.69) is 0 Å². The predicted octanol–water partition coefficient (Wildman–Crippen LogP) is 1.31. The Kier molecular flexibility index (Phi) is 6.81. The first-order valence-electron chi connectivity index (χ1n) is 5.27. The molecule has 17 heavy (non-hydrogen) atoms. The Balaban J connectivity index is 4.69. The number of carbonyl (C=O) groups excluding carboxylic acids is 1. The van der Waals surface area contributed by atoms with Crippen molar-refractivity contribution in [2.24, 2.45) is 0 Å². The molecule has 0 unspecified atom stereocenters. The van der Waals surface area contributed by atoms with Gasteiger partial charge in [-0.1, -0.05) is 0 Å². The maximum Gasteiger partial charge on any atom is 0.422 e. The van der Waals surface area contributed by atoms with Crippen LogP contribution in [0.25, 0.3) is 0 Å². The SMILES string of the molecule is CC(C)OC(=O)NS(=O)(=O)N(CCCl)C(C)C. The fourth-order valence-corrected chi connectivity index (χ4v) is 2.69. The number of hydrogen-bond donors (Lipinski definition) is 1. The topological polar surface area (TPSA) is 75.7 Å². The first kappa shape index (κ1) is 16.5. The molecule has 0 aromatic rings. The van der Waals surface area contributed by atoms with E-state index in [-0.39, 0.29) is 24.6 Å². The zero-order valence-electron chi connectivity index (χ0n) is 10.4. The van der Waals surface area contributed by atoms with Gasteiger partial charge in [0.1, 0.15) is 0 Å². The normalized spacial score (nSPS) is 12.2. The molecular weight excluding hydrogens is 268 g/mol. The highest BCUT2D eigenvalue weighted by Crippen LogP contribution is 2.05. The minimum atomic E-state index is -3.90. The fraction of sp³-hybridized carbons (Fsp3) is 0.889. The minimum absolute atomic E-state index is 0.128. The number of ether oxygens (including phenoxy) is 1. The van der Waals surface area contributed by atoms with Gasteiger partial charge in [-0.05, 0) is 27.7 Å². The largest absolute Gasteiger partial charge is 0.446 e. The Bertz CT molecular complexity index is 343. The van der Waals surface area contributed by atoms with Gasteiger partial charge in [0.15, 0.2) is 0 Å². The van der Waals surface area contributed by atoms with Crippen LogP contribution in [0.1, 0.15) is 27.7 Å². The molecule has 0 atom stereocenters. The van der Waals surface area contributed by atoms with Gasteiger partial charge in [0.25, 0.3) is 0 Å². The number of rotatable bonds is 6. The van der Waals surface area contributed by atoms with Crippen molar-refractivity contribution in [2.75, 3.05) is 12.4 Å². The number of hydrogen-bond acceptors (Lipinski definition) is 4. The van der Waals surface area contributed by atoms with Gasteiger partial charge in [0.2, 0.25) is 0 Å². The van der Waals surface area contributed by atoms with Crippen LogP contribution in [0.4, 0.5) is 4.79 Å². The summed E-state index contributed by atoms with van der Waals surface area (Å²) in [6.45, 7) is 6.78. The summed E-state index contributed by atoms with van der Waals surface area (Å²) in [6, 6.07) is -0.293. The third-order valence-corrected chi connectivity index (χ3v) is 3.56. The third kappa shape index (κ3) is 6.09. The van der Waals surface area contributed by atoms with Crippen LogP contribution in [0.3, 0.4) is 0 Å². The first-order chi connectivity index (χ1) is 7.70. The van der Waals surface area contributed by atoms with Gasteiger partial charge < -0.3 is 4.74 Å². The van der Waals surface area contributed by atoms with Crippen molar-refractivity contribution < 1.29 is 17.9 Å². The van der Waals surface area contributed by atoms with Crippen LogP contribution >= 0.6 is 11.6 Å². The lowest BCUT2D eigenvalue weighted by atomic mass is 10.4. The Labute approximate surface area is 107 Å². The molecule has 0 bridgehead atoms. The summed E-state index contributed by atoms with van der Waals surface area (Å²) >= 11 is 5.52. The number of amides is 1. The number of halogens is 1. The molecule has 1 amide bonds. The van der Waals surface area contributed by atoms with Gasteiger partial charge in [-0.3, -0.25) is 0 Å². The highest BCUT2D eigenvalue weighted by molar-refractivity contribution is 7.87. The Morgan fingerprint density at radius 2 is 1.88 bits per heavy atom. The molecule has 0 aromatic heterocycles. The Morgan fingerprint density at radius 3 is 2.24 bits per heavy atom. The highest BCUT2D eigenvalue weighted by atomic mass is 35.5.